The van der Waals surface area contributed by atoms with Gasteiger partial charge in [0.15, 0.2) is 6.23 Å². The van der Waals surface area contributed by atoms with Crippen molar-refractivity contribution in [1.82, 2.24) is 4.57 Å². The Hall–Kier alpha value is -2.29. The van der Waals surface area contributed by atoms with Gasteiger partial charge in [0.2, 0.25) is 0 Å². The molecule has 2 heterocycles. The molecule has 2 fully saturated rings. The summed E-state index contributed by atoms with van der Waals surface area (Å²) < 4.78 is 7.55. The van der Waals surface area contributed by atoms with Crippen LogP contribution in [0, 0.1) is 4.91 Å². The summed E-state index contributed by atoms with van der Waals surface area (Å²) in [4.78, 5) is 10.8. The normalized spacial score (nSPS) is 28.2. The van der Waals surface area contributed by atoms with Crippen LogP contribution in [0.4, 0.5) is 0 Å². The Morgan fingerprint density at radius 3 is 2.47 bits per heavy atom. The smallest absolute Gasteiger partial charge is 0.163 e. The number of fused-ring (bicyclic) bond motifs is 1. The van der Waals surface area contributed by atoms with Gasteiger partial charge in [0.05, 0.1) is 10.5 Å². The first-order valence-corrected chi connectivity index (χ1v) is 11.2. The number of hydrogen-bond donors (Lipinski definition) is 3. The number of ether oxygens (including phenoxy) is 1. The van der Waals surface area contributed by atoms with Crippen LogP contribution in [0.5, 0.6) is 0 Å². The van der Waals surface area contributed by atoms with Gasteiger partial charge >= 0.3 is 0 Å². The molecule has 0 spiro atoms. The van der Waals surface area contributed by atoms with Crippen LogP contribution in [0.3, 0.4) is 0 Å². The third kappa shape index (κ3) is 3.84. The largest absolute Gasteiger partial charge is 0.388 e. The fraction of sp³-hybridized carbons (Fsp3) is 0.417. The molecule has 0 bridgehead atoms. The maximum Gasteiger partial charge on any atom is 0.163 e. The van der Waals surface area contributed by atoms with Crippen molar-refractivity contribution in [1.29, 1.82) is 0 Å². The van der Waals surface area contributed by atoms with Gasteiger partial charge in [-0.3, -0.25) is 0 Å². The lowest BCUT2D eigenvalue weighted by molar-refractivity contribution is -0.240. The number of benzene rings is 2. The molecule has 32 heavy (non-hydrogen) atoms. The molecule has 0 unspecified atom stereocenters. The lowest BCUT2D eigenvalue weighted by Crippen LogP contribution is -2.56. The first-order valence-electron chi connectivity index (χ1n) is 10.8. The summed E-state index contributed by atoms with van der Waals surface area (Å²) in [5.41, 5.74) is 4.19. The Morgan fingerprint density at radius 2 is 1.78 bits per heavy atom. The van der Waals surface area contributed by atoms with Crippen LogP contribution in [0.1, 0.15) is 41.7 Å². The lowest BCUT2D eigenvalue weighted by Gasteiger charge is -2.40. The van der Waals surface area contributed by atoms with E-state index in [0.29, 0.717) is 17.4 Å². The van der Waals surface area contributed by atoms with E-state index in [4.69, 9.17) is 16.3 Å². The molecule has 8 heteroatoms. The average Bonchev–Trinajstić information content (AvgIpc) is 3.58. The fourth-order valence-electron chi connectivity index (χ4n) is 4.62. The van der Waals surface area contributed by atoms with E-state index in [1.807, 2.05) is 18.3 Å². The first-order chi connectivity index (χ1) is 15.5. The van der Waals surface area contributed by atoms with Crippen molar-refractivity contribution < 1.29 is 20.1 Å². The highest BCUT2D eigenvalue weighted by molar-refractivity contribution is 6.35. The summed E-state index contributed by atoms with van der Waals surface area (Å²) in [7, 11) is 0. The predicted octanol–water partition coefficient (Wildman–Crippen LogP) is 3.51. The van der Waals surface area contributed by atoms with Crippen LogP contribution in [-0.4, -0.2) is 50.8 Å². The van der Waals surface area contributed by atoms with Gasteiger partial charge in [-0.15, -0.1) is 0 Å². The average molecular weight is 457 g/mol. The fourth-order valence-corrected chi connectivity index (χ4v) is 4.91. The van der Waals surface area contributed by atoms with E-state index in [2.05, 4.69) is 29.4 Å². The van der Waals surface area contributed by atoms with Crippen molar-refractivity contribution in [2.75, 3.05) is 6.54 Å². The highest BCUT2D eigenvalue weighted by atomic mass is 35.5. The van der Waals surface area contributed by atoms with Crippen LogP contribution in [0.15, 0.2) is 53.8 Å². The van der Waals surface area contributed by atoms with E-state index < -0.39 is 30.6 Å². The molecule has 1 aromatic heterocycles. The van der Waals surface area contributed by atoms with Crippen molar-refractivity contribution >= 4 is 22.5 Å². The lowest BCUT2D eigenvalue weighted by atomic mass is 9.98. The quantitative estimate of drug-likeness (QED) is 0.492. The third-order valence-corrected chi connectivity index (χ3v) is 6.84. The van der Waals surface area contributed by atoms with Gasteiger partial charge in [-0.2, -0.15) is 4.91 Å². The van der Waals surface area contributed by atoms with Crippen LogP contribution in [0.2, 0.25) is 5.02 Å². The molecule has 3 N–H and O–H groups in total. The summed E-state index contributed by atoms with van der Waals surface area (Å²) in [5, 5.41) is 35.4. The summed E-state index contributed by atoms with van der Waals surface area (Å²) >= 11 is 6.56. The minimum atomic E-state index is -1.48. The van der Waals surface area contributed by atoms with Gasteiger partial charge in [-0.25, -0.2) is 0 Å². The molecule has 0 radical (unpaired) electrons. The topological polar surface area (TPSA) is 104 Å². The zero-order valence-corrected chi connectivity index (χ0v) is 18.1. The van der Waals surface area contributed by atoms with Crippen LogP contribution in [-0.2, 0) is 11.2 Å². The molecule has 2 aromatic carbocycles. The molecule has 2 aliphatic rings. The molecule has 1 saturated heterocycles. The third-order valence-electron chi connectivity index (χ3n) is 6.52. The van der Waals surface area contributed by atoms with Gasteiger partial charge < -0.3 is 24.6 Å². The zero-order chi connectivity index (χ0) is 22.4. The van der Waals surface area contributed by atoms with Crippen molar-refractivity contribution in [3.05, 3.63) is 75.3 Å². The minimum absolute atomic E-state index is 0.332. The number of aliphatic hydroxyl groups excluding tert-OH is 3. The van der Waals surface area contributed by atoms with Crippen molar-refractivity contribution in [3.63, 3.8) is 0 Å². The summed E-state index contributed by atoms with van der Waals surface area (Å²) in [6.45, 7) is -0.332. The highest BCUT2D eigenvalue weighted by Gasteiger charge is 2.45. The van der Waals surface area contributed by atoms with E-state index in [9.17, 15) is 20.2 Å². The number of aromatic nitrogens is 1. The van der Waals surface area contributed by atoms with E-state index in [1.165, 1.54) is 18.4 Å². The molecule has 5 rings (SSSR count). The molecule has 1 aliphatic carbocycles. The Kier molecular flexibility index (Phi) is 5.77. The molecule has 7 nitrogen and oxygen atoms in total. The van der Waals surface area contributed by atoms with E-state index in [1.54, 1.807) is 10.6 Å². The second-order valence-electron chi connectivity index (χ2n) is 8.74. The van der Waals surface area contributed by atoms with Gasteiger partial charge in [0.1, 0.15) is 31.0 Å². The molecular formula is C24H25ClN2O5. The second-order valence-corrected chi connectivity index (χ2v) is 9.14. The first kappa shape index (κ1) is 21.6. The standard InChI is InChI=1S/C24H25ClN2O5/c25-17-2-1-3-18-20(17)16(10-13-4-6-14(7-5-13)15-8-9-15)12-27(18)24-23(30)22(29)21(28)19(32-24)11-26-31/h1-7,12,15,19,21-24,28-30H,8-11H2/t19-,21-,22+,23-,24-/m1/s1. The number of halogens is 1. The molecular weight excluding hydrogens is 432 g/mol. The Labute approximate surface area is 190 Å². The molecule has 1 saturated carbocycles. The van der Waals surface area contributed by atoms with Crippen LogP contribution < -0.4 is 0 Å². The predicted molar refractivity (Wildman–Crippen MR) is 121 cm³/mol. The monoisotopic (exact) mass is 456 g/mol. The van der Waals surface area contributed by atoms with Crippen molar-refractivity contribution in [2.45, 2.75) is 55.8 Å². The molecule has 168 valence electrons. The van der Waals surface area contributed by atoms with Crippen LogP contribution >= 0.6 is 11.6 Å². The molecule has 5 atom stereocenters. The maximum atomic E-state index is 10.8. The number of rotatable bonds is 6. The highest BCUT2D eigenvalue weighted by Crippen LogP contribution is 2.40. The van der Waals surface area contributed by atoms with Crippen LogP contribution in [0.25, 0.3) is 10.9 Å². The maximum absolute atomic E-state index is 10.8. The SMILES string of the molecule is O=NC[C@H]1O[C@@H](n2cc(Cc3ccc(C4CC4)cc3)c3c(Cl)cccc32)[C@H](O)[C@@H](O)[C@@H]1O. The van der Waals surface area contributed by atoms with Crippen molar-refractivity contribution in [3.8, 4) is 0 Å². The second kappa shape index (κ2) is 8.57. The minimum Gasteiger partial charge on any atom is -0.388 e. The van der Waals surface area contributed by atoms with Gasteiger partial charge in [-0.05, 0) is 54.0 Å². The zero-order valence-electron chi connectivity index (χ0n) is 17.3. The van der Waals surface area contributed by atoms with Gasteiger partial charge in [0, 0.05) is 11.6 Å². The van der Waals surface area contributed by atoms with E-state index in [-0.39, 0.29) is 6.54 Å². The van der Waals surface area contributed by atoms with Gasteiger partial charge in [-0.1, -0.05) is 47.1 Å². The van der Waals surface area contributed by atoms with E-state index >= 15 is 0 Å². The number of hydrogen-bond acceptors (Lipinski definition) is 6. The Bertz CT molecular complexity index is 1130. The number of nitroso groups, excluding NO2 is 1. The Balaban J connectivity index is 1.52. The molecule has 1 aliphatic heterocycles. The van der Waals surface area contributed by atoms with Gasteiger partial charge in [0.25, 0.3) is 0 Å². The molecule has 3 aromatic rings. The molecule has 0 amide bonds. The summed E-state index contributed by atoms with van der Waals surface area (Å²) in [5.74, 6) is 0.695. The van der Waals surface area contributed by atoms with E-state index in [0.717, 1.165) is 22.0 Å². The summed E-state index contributed by atoms with van der Waals surface area (Å²) in [6.07, 6.45) is -1.31. The summed E-state index contributed by atoms with van der Waals surface area (Å²) in [6, 6.07) is 14.1. The number of aliphatic hydroxyl groups is 3. The number of nitrogens with zero attached hydrogens (tertiary/aromatic N) is 2. The Morgan fingerprint density at radius 1 is 1.03 bits per heavy atom. The van der Waals surface area contributed by atoms with Crippen molar-refractivity contribution in [2.24, 2.45) is 5.18 Å².